The molecule has 4 fully saturated rings. The maximum atomic E-state index is 11.4. The van der Waals surface area contributed by atoms with Gasteiger partial charge in [-0.25, -0.2) is 0 Å². The average Bonchev–Trinajstić information content (AvgIpc) is 2.95. The SMILES string of the molecule is CC(C)(C)[Si](C)(C)OC[C@]12CC[C@H](O)C[C@@H]1[C@@H](O)CC1C2CC[C@@]2(C)C1CC[C@@H]2O. The van der Waals surface area contributed by atoms with E-state index in [1.165, 1.54) is 0 Å². The van der Waals surface area contributed by atoms with E-state index < -0.39 is 8.32 Å². The fraction of sp³-hybridized carbons (Fsp3) is 1.00. The quantitative estimate of drug-likeness (QED) is 0.558. The molecule has 0 aromatic heterocycles. The lowest BCUT2D eigenvalue weighted by Gasteiger charge is -2.63. The number of rotatable bonds is 3. The highest BCUT2D eigenvalue weighted by molar-refractivity contribution is 6.74. The van der Waals surface area contributed by atoms with Gasteiger partial charge < -0.3 is 19.7 Å². The fourth-order valence-corrected chi connectivity index (χ4v) is 8.89. The van der Waals surface area contributed by atoms with Gasteiger partial charge >= 0.3 is 0 Å². The van der Waals surface area contributed by atoms with Gasteiger partial charge in [-0.2, -0.15) is 0 Å². The van der Waals surface area contributed by atoms with Crippen molar-refractivity contribution in [3.8, 4) is 0 Å². The van der Waals surface area contributed by atoms with Crippen LogP contribution in [0.1, 0.15) is 79.1 Å². The van der Waals surface area contributed by atoms with Crippen molar-refractivity contribution in [2.24, 2.45) is 34.5 Å². The predicted octanol–water partition coefficient (Wildman–Crippen LogP) is 4.72. The maximum absolute atomic E-state index is 11.4. The Kier molecular flexibility index (Phi) is 5.84. The molecule has 0 aromatic carbocycles. The molecule has 4 rings (SSSR count). The Morgan fingerprint density at radius 1 is 0.900 bits per heavy atom. The molecule has 0 spiro atoms. The molecule has 5 heteroatoms. The van der Waals surface area contributed by atoms with E-state index in [2.05, 4.69) is 40.8 Å². The Balaban J connectivity index is 1.67. The zero-order valence-electron chi connectivity index (χ0n) is 20.2. The summed E-state index contributed by atoms with van der Waals surface area (Å²) in [6.45, 7) is 14.6. The Morgan fingerprint density at radius 2 is 1.60 bits per heavy atom. The van der Waals surface area contributed by atoms with Crippen LogP contribution in [0.3, 0.4) is 0 Å². The summed E-state index contributed by atoms with van der Waals surface area (Å²) in [5, 5.41) is 32.8. The van der Waals surface area contributed by atoms with E-state index in [1.54, 1.807) is 0 Å². The molecule has 4 saturated carbocycles. The van der Waals surface area contributed by atoms with Gasteiger partial charge in [0.15, 0.2) is 8.32 Å². The summed E-state index contributed by atoms with van der Waals surface area (Å²) in [4.78, 5) is 0. The second-order valence-corrected chi connectivity index (χ2v) is 17.9. The number of hydrogen-bond donors (Lipinski definition) is 3. The summed E-state index contributed by atoms with van der Waals surface area (Å²) in [5.74, 6) is 1.68. The van der Waals surface area contributed by atoms with Gasteiger partial charge in [0.2, 0.25) is 0 Å². The Morgan fingerprint density at radius 3 is 2.27 bits per heavy atom. The Bertz CT molecular complexity index is 646. The van der Waals surface area contributed by atoms with Gasteiger partial charge in [0.25, 0.3) is 0 Å². The third-order valence-electron chi connectivity index (χ3n) is 10.8. The van der Waals surface area contributed by atoms with Crippen molar-refractivity contribution in [2.75, 3.05) is 6.61 Å². The topological polar surface area (TPSA) is 69.9 Å². The van der Waals surface area contributed by atoms with E-state index in [0.717, 1.165) is 58.0 Å². The third kappa shape index (κ3) is 3.46. The molecule has 4 aliphatic carbocycles. The van der Waals surface area contributed by atoms with Gasteiger partial charge in [-0.15, -0.1) is 0 Å². The molecule has 4 nitrogen and oxygen atoms in total. The van der Waals surface area contributed by atoms with Gasteiger partial charge in [0.05, 0.1) is 18.3 Å². The van der Waals surface area contributed by atoms with E-state index in [9.17, 15) is 15.3 Å². The molecule has 9 atom stereocenters. The van der Waals surface area contributed by atoms with E-state index in [-0.39, 0.29) is 40.1 Å². The van der Waals surface area contributed by atoms with Crippen molar-refractivity contribution in [2.45, 2.75) is 116 Å². The first kappa shape index (κ1) is 23.2. The first-order valence-electron chi connectivity index (χ1n) is 12.5. The van der Waals surface area contributed by atoms with Crippen LogP contribution < -0.4 is 0 Å². The summed E-state index contributed by atoms with van der Waals surface area (Å²) in [6.07, 6.45) is 6.76. The van der Waals surface area contributed by atoms with Gasteiger partial charge in [0.1, 0.15) is 0 Å². The van der Waals surface area contributed by atoms with Crippen molar-refractivity contribution in [1.82, 2.24) is 0 Å². The molecule has 0 saturated heterocycles. The zero-order chi connectivity index (χ0) is 22.1. The molecule has 3 unspecified atom stereocenters. The normalized spacial score (nSPS) is 49.3. The molecule has 0 aliphatic heterocycles. The van der Waals surface area contributed by atoms with E-state index in [4.69, 9.17) is 4.43 Å². The van der Waals surface area contributed by atoms with E-state index in [0.29, 0.717) is 17.8 Å². The van der Waals surface area contributed by atoms with Crippen LogP contribution in [0.4, 0.5) is 0 Å². The zero-order valence-corrected chi connectivity index (χ0v) is 21.2. The minimum absolute atomic E-state index is 0.0172. The van der Waals surface area contributed by atoms with Crippen molar-refractivity contribution in [1.29, 1.82) is 0 Å². The lowest BCUT2D eigenvalue weighted by atomic mass is 9.44. The smallest absolute Gasteiger partial charge is 0.192 e. The highest BCUT2D eigenvalue weighted by Gasteiger charge is 2.63. The number of aliphatic hydroxyl groups is 3. The van der Waals surface area contributed by atoms with Crippen LogP contribution in [0.2, 0.25) is 18.1 Å². The summed E-state index contributed by atoms with van der Waals surface area (Å²) < 4.78 is 6.88. The van der Waals surface area contributed by atoms with Crippen molar-refractivity contribution in [3.05, 3.63) is 0 Å². The van der Waals surface area contributed by atoms with Gasteiger partial charge in [-0.05, 0) is 98.6 Å². The van der Waals surface area contributed by atoms with E-state index in [1.807, 2.05) is 0 Å². The molecule has 30 heavy (non-hydrogen) atoms. The first-order valence-corrected chi connectivity index (χ1v) is 15.4. The second kappa shape index (κ2) is 7.55. The van der Waals surface area contributed by atoms with Gasteiger partial charge in [-0.1, -0.05) is 27.7 Å². The monoisotopic (exact) mass is 438 g/mol. The minimum atomic E-state index is -1.90. The van der Waals surface area contributed by atoms with Crippen LogP contribution in [0, 0.1) is 34.5 Å². The van der Waals surface area contributed by atoms with Gasteiger partial charge in [-0.3, -0.25) is 0 Å². The maximum Gasteiger partial charge on any atom is 0.192 e. The highest BCUT2D eigenvalue weighted by atomic mass is 28.4. The van der Waals surface area contributed by atoms with Crippen LogP contribution >= 0.6 is 0 Å². The lowest BCUT2D eigenvalue weighted by molar-refractivity contribution is -0.193. The number of aliphatic hydroxyl groups excluding tert-OH is 3. The second-order valence-electron chi connectivity index (χ2n) is 13.1. The van der Waals surface area contributed by atoms with Crippen LogP contribution in [0.15, 0.2) is 0 Å². The van der Waals surface area contributed by atoms with Crippen molar-refractivity contribution in [3.63, 3.8) is 0 Å². The first-order chi connectivity index (χ1) is 13.8. The average molecular weight is 439 g/mol. The molecular weight excluding hydrogens is 392 g/mol. The third-order valence-corrected chi connectivity index (χ3v) is 15.3. The molecule has 4 aliphatic rings. The summed E-state index contributed by atoms with van der Waals surface area (Å²) >= 11 is 0. The van der Waals surface area contributed by atoms with Crippen molar-refractivity contribution >= 4 is 8.32 Å². The molecule has 0 heterocycles. The Hall–Kier alpha value is 0.0569. The summed E-state index contributed by atoms with van der Waals surface area (Å²) in [6, 6.07) is 0. The van der Waals surface area contributed by atoms with Crippen molar-refractivity contribution < 1.29 is 19.7 Å². The highest BCUT2D eigenvalue weighted by Crippen LogP contribution is 2.66. The molecule has 0 bridgehead atoms. The molecule has 0 amide bonds. The molecule has 174 valence electrons. The molecule has 3 N–H and O–H groups in total. The number of hydrogen-bond acceptors (Lipinski definition) is 4. The van der Waals surface area contributed by atoms with Crippen LogP contribution in [-0.4, -0.2) is 48.6 Å². The summed E-state index contributed by atoms with van der Waals surface area (Å²) in [7, 11) is -1.90. The molecular formula is C25H46O4Si. The van der Waals surface area contributed by atoms with Crippen LogP contribution in [-0.2, 0) is 4.43 Å². The van der Waals surface area contributed by atoms with Crippen LogP contribution in [0.25, 0.3) is 0 Å². The van der Waals surface area contributed by atoms with Crippen LogP contribution in [0.5, 0.6) is 0 Å². The summed E-state index contributed by atoms with van der Waals surface area (Å²) in [5.41, 5.74) is -0.00463. The number of fused-ring (bicyclic) bond motifs is 5. The molecule has 0 radical (unpaired) electrons. The lowest BCUT2D eigenvalue weighted by Crippen LogP contribution is -2.62. The van der Waals surface area contributed by atoms with Gasteiger partial charge in [0, 0.05) is 12.0 Å². The molecule has 0 aromatic rings. The van der Waals surface area contributed by atoms with E-state index >= 15 is 0 Å². The largest absolute Gasteiger partial charge is 0.416 e. The Labute approximate surface area is 184 Å². The predicted molar refractivity (Wildman–Crippen MR) is 123 cm³/mol. The fourth-order valence-electron chi connectivity index (χ4n) is 7.83. The minimum Gasteiger partial charge on any atom is -0.416 e. The standard InChI is InChI=1S/C25H46O4Si/c1-23(2,3)30(5,6)29-15-25-12-9-16(26)13-20(25)21(27)14-17-18-7-8-22(28)24(18,4)11-10-19(17)25/h16-22,26-28H,7-15H2,1-6H3/t16-,17?,18?,19?,20+,21-,22-,24-,25-/m0/s1.